The monoisotopic (exact) mass is 222 g/mol. The summed E-state index contributed by atoms with van der Waals surface area (Å²) in [4.78, 5) is 0. The van der Waals surface area contributed by atoms with Crippen molar-refractivity contribution in [3.05, 3.63) is 29.3 Å². The first-order valence-electron chi connectivity index (χ1n) is 5.99. The van der Waals surface area contributed by atoms with E-state index in [4.69, 9.17) is 4.74 Å². The van der Waals surface area contributed by atoms with Crippen LogP contribution in [0.25, 0.3) is 0 Å². The van der Waals surface area contributed by atoms with Crippen molar-refractivity contribution in [3.8, 4) is 5.75 Å². The van der Waals surface area contributed by atoms with Crippen molar-refractivity contribution >= 4 is 0 Å². The van der Waals surface area contributed by atoms with Gasteiger partial charge in [0.2, 0.25) is 0 Å². The normalized spacial score (nSPS) is 12.5. The fraction of sp³-hybridized carbons (Fsp3) is 0.571. The summed E-state index contributed by atoms with van der Waals surface area (Å²) in [6.07, 6.45) is 3.53. The van der Waals surface area contributed by atoms with E-state index < -0.39 is 0 Å². The summed E-state index contributed by atoms with van der Waals surface area (Å²) in [6, 6.07) is 6.28. The number of aliphatic hydroxyl groups is 1. The van der Waals surface area contributed by atoms with E-state index in [1.54, 1.807) is 7.11 Å². The maximum absolute atomic E-state index is 9.48. The molecule has 1 atom stereocenters. The first kappa shape index (κ1) is 13.0. The van der Waals surface area contributed by atoms with Crippen LogP contribution in [0.3, 0.4) is 0 Å². The number of aliphatic hydroxyl groups excluding tert-OH is 1. The van der Waals surface area contributed by atoms with Crippen LogP contribution < -0.4 is 4.74 Å². The molecule has 0 spiro atoms. The third-order valence-electron chi connectivity index (χ3n) is 2.90. The van der Waals surface area contributed by atoms with Gasteiger partial charge in [-0.1, -0.05) is 19.1 Å². The van der Waals surface area contributed by atoms with Gasteiger partial charge in [-0.15, -0.1) is 0 Å². The molecule has 2 heteroatoms. The SMILES string of the molecule is CC[C@@H](O)CCCc1ccc(C)cc1OC. The van der Waals surface area contributed by atoms with E-state index in [0.717, 1.165) is 31.4 Å². The van der Waals surface area contributed by atoms with E-state index in [1.807, 2.05) is 6.92 Å². The van der Waals surface area contributed by atoms with E-state index in [0.29, 0.717) is 0 Å². The molecule has 16 heavy (non-hydrogen) atoms. The Morgan fingerprint density at radius 1 is 1.38 bits per heavy atom. The van der Waals surface area contributed by atoms with Gasteiger partial charge in [0, 0.05) is 0 Å². The minimum absolute atomic E-state index is 0.156. The average molecular weight is 222 g/mol. The van der Waals surface area contributed by atoms with E-state index in [1.165, 1.54) is 11.1 Å². The van der Waals surface area contributed by atoms with Gasteiger partial charge < -0.3 is 9.84 Å². The van der Waals surface area contributed by atoms with E-state index >= 15 is 0 Å². The Morgan fingerprint density at radius 3 is 2.75 bits per heavy atom. The van der Waals surface area contributed by atoms with Crippen molar-refractivity contribution in [1.29, 1.82) is 0 Å². The first-order valence-corrected chi connectivity index (χ1v) is 5.99. The zero-order valence-corrected chi connectivity index (χ0v) is 10.5. The minimum Gasteiger partial charge on any atom is -0.496 e. The minimum atomic E-state index is -0.156. The molecule has 0 saturated heterocycles. The molecule has 0 aliphatic heterocycles. The number of aryl methyl sites for hydroxylation is 2. The predicted molar refractivity (Wildman–Crippen MR) is 67.0 cm³/mol. The molecule has 0 heterocycles. The lowest BCUT2D eigenvalue weighted by atomic mass is 10.0. The topological polar surface area (TPSA) is 29.5 Å². The third-order valence-corrected chi connectivity index (χ3v) is 2.90. The van der Waals surface area contributed by atoms with Crippen molar-refractivity contribution in [1.82, 2.24) is 0 Å². The Hall–Kier alpha value is -1.02. The molecule has 2 nitrogen and oxygen atoms in total. The van der Waals surface area contributed by atoms with Gasteiger partial charge >= 0.3 is 0 Å². The highest BCUT2D eigenvalue weighted by molar-refractivity contribution is 5.37. The predicted octanol–water partition coefficient (Wildman–Crippen LogP) is 3.10. The molecule has 0 radical (unpaired) electrons. The second-order valence-corrected chi connectivity index (χ2v) is 4.27. The van der Waals surface area contributed by atoms with Crippen LogP contribution in [0.2, 0.25) is 0 Å². The highest BCUT2D eigenvalue weighted by Gasteiger charge is 2.05. The summed E-state index contributed by atoms with van der Waals surface area (Å²) >= 11 is 0. The number of hydrogen-bond acceptors (Lipinski definition) is 2. The van der Waals surface area contributed by atoms with Gasteiger partial charge in [-0.05, 0) is 49.8 Å². The van der Waals surface area contributed by atoms with Crippen molar-refractivity contribution in [3.63, 3.8) is 0 Å². The standard InChI is InChI=1S/C14H22O2/c1-4-13(15)7-5-6-12-9-8-11(2)10-14(12)16-3/h8-10,13,15H,4-7H2,1-3H3/t13-/m1/s1. The van der Waals surface area contributed by atoms with Gasteiger partial charge in [0.25, 0.3) is 0 Å². The Kier molecular flexibility index (Phi) is 5.33. The van der Waals surface area contributed by atoms with Gasteiger partial charge in [-0.3, -0.25) is 0 Å². The fourth-order valence-corrected chi connectivity index (χ4v) is 1.79. The average Bonchev–Trinajstić information content (AvgIpc) is 2.30. The van der Waals surface area contributed by atoms with Crippen molar-refractivity contribution in [2.24, 2.45) is 0 Å². The summed E-state index contributed by atoms with van der Waals surface area (Å²) in [5.41, 5.74) is 2.45. The Bertz CT molecular complexity index is 321. The van der Waals surface area contributed by atoms with Gasteiger partial charge in [0.15, 0.2) is 0 Å². The van der Waals surface area contributed by atoms with E-state index in [-0.39, 0.29) is 6.10 Å². The molecular weight excluding hydrogens is 200 g/mol. The van der Waals surface area contributed by atoms with Crippen LogP contribution in [0.4, 0.5) is 0 Å². The number of rotatable bonds is 6. The molecule has 0 fully saturated rings. The molecule has 0 aromatic heterocycles. The van der Waals surface area contributed by atoms with Crippen LogP contribution in [-0.2, 0) is 6.42 Å². The zero-order valence-electron chi connectivity index (χ0n) is 10.5. The largest absolute Gasteiger partial charge is 0.496 e. The molecule has 1 rings (SSSR count). The quantitative estimate of drug-likeness (QED) is 0.801. The molecule has 1 aromatic carbocycles. The van der Waals surface area contributed by atoms with Gasteiger partial charge in [0.1, 0.15) is 5.75 Å². The third kappa shape index (κ3) is 3.86. The number of hydrogen-bond donors (Lipinski definition) is 1. The van der Waals surface area contributed by atoms with E-state index in [2.05, 4.69) is 25.1 Å². The Morgan fingerprint density at radius 2 is 2.12 bits per heavy atom. The molecule has 0 unspecified atom stereocenters. The molecule has 1 aromatic rings. The van der Waals surface area contributed by atoms with Crippen LogP contribution in [0.15, 0.2) is 18.2 Å². The highest BCUT2D eigenvalue weighted by Crippen LogP contribution is 2.22. The molecule has 0 bridgehead atoms. The highest BCUT2D eigenvalue weighted by atomic mass is 16.5. The molecule has 0 aliphatic rings. The fourth-order valence-electron chi connectivity index (χ4n) is 1.79. The molecule has 90 valence electrons. The summed E-state index contributed by atoms with van der Waals surface area (Å²) in [5, 5.41) is 9.48. The van der Waals surface area contributed by atoms with Gasteiger partial charge in [-0.25, -0.2) is 0 Å². The van der Waals surface area contributed by atoms with Crippen LogP contribution in [0, 0.1) is 6.92 Å². The smallest absolute Gasteiger partial charge is 0.122 e. The second-order valence-electron chi connectivity index (χ2n) is 4.27. The van der Waals surface area contributed by atoms with Crippen molar-refractivity contribution in [2.75, 3.05) is 7.11 Å². The Labute approximate surface area is 98.3 Å². The number of methoxy groups -OCH3 is 1. The number of benzene rings is 1. The summed E-state index contributed by atoms with van der Waals surface area (Å²) in [7, 11) is 1.71. The second kappa shape index (κ2) is 6.54. The van der Waals surface area contributed by atoms with Gasteiger partial charge in [-0.2, -0.15) is 0 Å². The molecular formula is C14H22O2. The van der Waals surface area contributed by atoms with E-state index in [9.17, 15) is 5.11 Å². The maximum atomic E-state index is 9.48. The lowest BCUT2D eigenvalue weighted by Crippen LogP contribution is -2.04. The lowest BCUT2D eigenvalue weighted by Gasteiger charge is -2.11. The summed E-state index contributed by atoms with van der Waals surface area (Å²) in [5.74, 6) is 0.964. The van der Waals surface area contributed by atoms with Gasteiger partial charge in [0.05, 0.1) is 13.2 Å². The van der Waals surface area contributed by atoms with Crippen LogP contribution in [-0.4, -0.2) is 18.3 Å². The van der Waals surface area contributed by atoms with Crippen LogP contribution in [0.5, 0.6) is 5.75 Å². The van der Waals surface area contributed by atoms with Crippen LogP contribution in [0.1, 0.15) is 37.3 Å². The summed E-state index contributed by atoms with van der Waals surface area (Å²) in [6.45, 7) is 4.07. The Balaban J connectivity index is 2.53. The first-order chi connectivity index (χ1) is 7.67. The maximum Gasteiger partial charge on any atom is 0.122 e. The molecule has 1 N–H and O–H groups in total. The lowest BCUT2D eigenvalue weighted by molar-refractivity contribution is 0.157. The van der Waals surface area contributed by atoms with Crippen LogP contribution >= 0.6 is 0 Å². The van der Waals surface area contributed by atoms with Crippen molar-refractivity contribution < 1.29 is 9.84 Å². The van der Waals surface area contributed by atoms with Crippen molar-refractivity contribution in [2.45, 2.75) is 45.6 Å². The molecule has 0 saturated carbocycles. The number of ether oxygens (including phenoxy) is 1. The zero-order chi connectivity index (χ0) is 12.0. The summed E-state index contributed by atoms with van der Waals surface area (Å²) < 4.78 is 5.35. The molecule has 0 aliphatic carbocycles. The molecule has 0 amide bonds.